The van der Waals surface area contributed by atoms with Gasteiger partial charge in [-0.05, 0) is 42.8 Å². The van der Waals surface area contributed by atoms with Crippen LogP contribution in [0, 0.1) is 6.92 Å². The third-order valence-electron chi connectivity index (χ3n) is 6.37. The number of hydrogen-bond acceptors (Lipinski definition) is 7. The highest BCUT2D eigenvalue weighted by molar-refractivity contribution is 6.07. The number of pyridine rings is 1. The number of amides is 1. The minimum atomic E-state index is -0.187. The lowest BCUT2D eigenvalue weighted by atomic mass is 10.0. The molecule has 2 aromatic heterocycles. The lowest BCUT2D eigenvalue weighted by Crippen LogP contribution is -2.43. The summed E-state index contributed by atoms with van der Waals surface area (Å²) in [5.74, 6) is 0.561. The first-order valence-corrected chi connectivity index (χ1v) is 11.7. The Morgan fingerprint density at radius 2 is 1.86 bits per heavy atom. The van der Waals surface area contributed by atoms with Gasteiger partial charge in [0.05, 0.1) is 48.7 Å². The molecule has 0 bridgehead atoms. The quantitative estimate of drug-likeness (QED) is 0.435. The number of nitrogens with zero attached hydrogens (tertiary/aromatic N) is 3. The maximum atomic E-state index is 13.5. The molecule has 3 heterocycles. The average molecular weight is 473 g/mol. The van der Waals surface area contributed by atoms with Crippen molar-refractivity contribution >= 4 is 17.0 Å². The summed E-state index contributed by atoms with van der Waals surface area (Å²) in [6.45, 7) is 5.30. The van der Waals surface area contributed by atoms with Crippen molar-refractivity contribution in [2.45, 2.75) is 13.0 Å². The van der Waals surface area contributed by atoms with Gasteiger partial charge in [-0.25, -0.2) is 4.98 Å². The molecule has 0 aliphatic carbocycles. The molecule has 4 aromatic rings. The topological polar surface area (TPSA) is 89.7 Å². The largest absolute Gasteiger partial charge is 0.497 e. The summed E-state index contributed by atoms with van der Waals surface area (Å²) in [5.41, 5.74) is 4.11. The lowest BCUT2D eigenvalue weighted by molar-refractivity contribution is 0.0162. The molecule has 0 saturated carbocycles. The van der Waals surface area contributed by atoms with Crippen molar-refractivity contribution in [2.75, 3.05) is 40.0 Å². The SMILES string of the molecule is COc1ccc(-c2cc(C(=O)NCC(c3ccccc3)N3CCOCC3)c3c(C)noc3n2)cc1. The van der Waals surface area contributed by atoms with Crippen molar-refractivity contribution in [1.29, 1.82) is 0 Å². The standard InChI is InChI=1S/C27H28N4O4/c1-18-25-22(16-23(29-27(25)35-30-18)19-8-10-21(33-2)11-9-19)26(32)28-17-24(20-6-4-3-5-7-20)31-12-14-34-15-13-31/h3-11,16,24H,12-15,17H2,1-2H3,(H,28,32). The second-order valence-corrected chi connectivity index (χ2v) is 8.52. The highest BCUT2D eigenvalue weighted by atomic mass is 16.5. The van der Waals surface area contributed by atoms with E-state index in [9.17, 15) is 4.79 Å². The van der Waals surface area contributed by atoms with Crippen LogP contribution in [-0.4, -0.2) is 60.9 Å². The Hall–Kier alpha value is -3.75. The highest BCUT2D eigenvalue weighted by Crippen LogP contribution is 2.28. The fraction of sp³-hybridized carbons (Fsp3) is 0.296. The van der Waals surface area contributed by atoms with Crippen LogP contribution < -0.4 is 10.1 Å². The van der Waals surface area contributed by atoms with Gasteiger partial charge in [0.15, 0.2) is 0 Å². The number of fused-ring (bicyclic) bond motifs is 1. The molecule has 180 valence electrons. The Labute approximate surface area is 203 Å². The van der Waals surface area contributed by atoms with Gasteiger partial charge in [0.1, 0.15) is 5.75 Å². The predicted octanol–water partition coefficient (Wildman–Crippen LogP) is 4.01. The molecule has 1 amide bonds. The summed E-state index contributed by atoms with van der Waals surface area (Å²) < 4.78 is 16.2. The lowest BCUT2D eigenvalue weighted by Gasteiger charge is -2.35. The number of carbonyl (C=O) groups excluding carboxylic acids is 1. The molecule has 2 aromatic carbocycles. The van der Waals surface area contributed by atoms with Crippen molar-refractivity contribution < 1.29 is 18.8 Å². The van der Waals surface area contributed by atoms with E-state index in [0.717, 1.165) is 30.0 Å². The first kappa shape index (κ1) is 23.0. The summed E-state index contributed by atoms with van der Waals surface area (Å²) >= 11 is 0. The molecule has 8 nitrogen and oxygen atoms in total. The number of rotatable bonds is 7. The predicted molar refractivity (Wildman–Crippen MR) is 132 cm³/mol. The minimum Gasteiger partial charge on any atom is -0.497 e. The van der Waals surface area contributed by atoms with Crippen LogP contribution in [-0.2, 0) is 4.74 Å². The molecule has 1 unspecified atom stereocenters. The van der Waals surface area contributed by atoms with Crippen LogP contribution in [0.2, 0.25) is 0 Å². The van der Waals surface area contributed by atoms with E-state index < -0.39 is 0 Å². The van der Waals surface area contributed by atoms with E-state index in [-0.39, 0.29) is 11.9 Å². The number of nitrogens with one attached hydrogen (secondary N) is 1. The van der Waals surface area contributed by atoms with Gasteiger partial charge in [0.2, 0.25) is 0 Å². The van der Waals surface area contributed by atoms with Gasteiger partial charge in [-0.1, -0.05) is 35.5 Å². The zero-order valence-electron chi connectivity index (χ0n) is 19.9. The van der Waals surface area contributed by atoms with E-state index in [2.05, 4.69) is 32.5 Å². The Morgan fingerprint density at radius 3 is 2.57 bits per heavy atom. The Bertz CT molecular complexity index is 1300. The fourth-order valence-electron chi connectivity index (χ4n) is 4.49. The summed E-state index contributed by atoms with van der Waals surface area (Å²) in [6, 6.07) is 19.6. The number of benzene rings is 2. The third kappa shape index (κ3) is 4.89. The van der Waals surface area contributed by atoms with E-state index in [1.165, 1.54) is 0 Å². The average Bonchev–Trinajstić information content (AvgIpc) is 3.30. The first-order chi connectivity index (χ1) is 17.1. The van der Waals surface area contributed by atoms with Crippen LogP contribution in [0.4, 0.5) is 0 Å². The molecular weight excluding hydrogens is 444 g/mol. The summed E-state index contributed by atoms with van der Waals surface area (Å²) in [6.07, 6.45) is 0. The third-order valence-corrected chi connectivity index (χ3v) is 6.37. The van der Waals surface area contributed by atoms with Gasteiger partial charge in [0.25, 0.3) is 11.6 Å². The molecule has 1 aliphatic heterocycles. The van der Waals surface area contributed by atoms with Crippen LogP contribution in [0.1, 0.15) is 27.7 Å². The Kier molecular flexibility index (Phi) is 6.74. The first-order valence-electron chi connectivity index (χ1n) is 11.7. The van der Waals surface area contributed by atoms with Crippen molar-refractivity contribution in [3.05, 3.63) is 77.5 Å². The van der Waals surface area contributed by atoms with Gasteiger partial charge in [-0.2, -0.15) is 0 Å². The number of aromatic nitrogens is 2. The van der Waals surface area contributed by atoms with E-state index in [1.807, 2.05) is 49.4 Å². The van der Waals surface area contributed by atoms with Crippen molar-refractivity contribution in [3.63, 3.8) is 0 Å². The molecule has 8 heteroatoms. The molecule has 0 radical (unpaired) electrons. The van der Waals surface area contributed by atoms with E-state index in [0.29, 0.717) is 47.8 Å². The molecule has 0 spiro atoms. The molecule has 1 N–H and O–H groups in total. The van der Waals surface area contributed by atoms with Gasteiger partial charge < -0.3 is 19.3 Å². The van der Waals surface area contributed by atoms with Gasteiger partial charge in [-0.3, -0.25) is 9.69 Å². The number of methoxy groups -OCH3 is 1. The van der Waals surface area contributed by atoms with Gasteiger partial charge in [0, 0.05) is 25.2 Å². The molecule has 1 fully saturated rings. The molecule has 1 saturated heterocycles. The highest BCUT2D eigenvalue weighted by Gasteiger charge is 2.25. The summed E-state index contributed by atoms with van der Waals surface area (Å²) in [4.78, 5) is 20.5. The van der Waals surface area contributed by atoms with E-state index in [4.69, 9.17) is 14.0 Å². The number of hydrogen-bond donors (Lipinski definition) is 1. The smallest absolute Gasteiger partial charge is 0.259 e. The molecule has 1 aliphatic rings. The van der Waals surface area contributed by atoms with Crippen LogP contribution in [0.25, 0.3) is 22.4 Å². The van der Waals surface area contributed by atoms with Gasteiger partial charge >= 0.3 is 0 Å². The summed E-state index contributed by atoms with van der Waals surface area (Å²) in [5, 5.41) is 7.85. The molecule has 35 heavy (non-hydrogen) atoms. The molecule has 1 atom stereocenters. The van der Waals surface area contributed by atoms with Crippen LogP contribution >= 0.6 is 0 Å². The van der Waals surface area contributed by atoms with Crippen LogP contribution in [0.15, 0.2) is 65.2 Å². The summed E-state index contributed by atoms with van der Waals surface area (Å²) in [7, 11) is 1.62. The van der Waals surface area contributed by atoms with Crippen LogP contribution in [0.5, 0.6) is 5.75 Å². The second-order valence-electron chi connectivity index (χ2n) is 8.52. The van der Waals surface area contributed by atoms with Crippen molar-refractivity contribution in [3.8, 4) is 17.0 Å². The van der Waals surface area contributed by atoms with Crippen molar-refractivity contribution in [2.24, 2.45) is 0 Å². The molecular formula is C27H28N4O4. The Morgan fingerprint density at radius 1 is 1.11 bits per heavy atom. The molecule has 5 rings (SSSR count). The number of carbonyl (C=O) groups is 1. The number of morpholine rings is 1. The monoisotopic (exact) mass is 472 g/mol. The van der Waals surface area contributed by atoms with Crippen LogP contribution in [0.3, 0.4) is 0 Å². The second kappa shape index (κ2) is 10.2. The normalized spacial score (nSPS) is 15.1. The fourth-order valence-corrected chi connectivity index (χ4v) is 4.49. The minimum absolute atomic E-state index is 0.0472. The van der Waals surface area contributed by atoms with E-state index >= 15 is 0 Å². The number of aryl methyl sites for hydroxylation is 1. The van der Waals surface area contributed by atoms with E-state index in [1.54, 1.807) is 13.2 Å². The maximum Gasteiger partial charge on any atom is 0.259 e. The van der Waals surface area contributed by atoms with Gasteiger partial charge in [-0.15, -0.1) is 0 Å². The zero-order valence-corrected chi connectivity index (χ0v) is 19.9. The Balaban J connectivity index is 1.44. The maximum absolute atomic E-state index is 13.5. The van der Waals surface area contributed by atoms with Crippen molar-refractivity contribution in [1.82, 2.24) is 20.4 Å². The zero-order chi connectivity index (χ0) is 24.2. The number of ether oxygens (including phenoxy) is 2.